The monoisotopic (exact) mass is 854 g/mol. The number of hydrogen-bond acceptors (Lipinski definition) is 2. The fourth-order valence-electron chi connectivity index (χ4n) is 8.27. The van der Waals surface area contributed by atoms with Crippen LogP contribution in [0.25, 0.3) is 0 Å². The van der Waals surface area contributed by atoms with E-state index in [1.807, 2.05) is 41.6 Å². The SMILES string of the molecule is CC(C)c1cccc(C(C)C)c1O.CC(C)c1cccc(C(C)C)c1O.C[Si](C)(c1ccccc1)[C-](C1=C([C-]=P(C)(C)C)CCCC1)[Si](C)(C)c1ccccc1.[Ti+2]. The average Bonchev–Trinajstić information content (AvgIpc) is 3.12. The van der Waals surface area contributed by atoms with Crippen LogP contribution in [0.15, 0.2) is 108 Å². The molecular formula is C51H75O2PSi2Ti. The predicted octanol–water partition coefficient (Wildman–Crippen LogP) is 13.6. The van der Waals surface area contributed by atoms with Crippen molar-refractivity contribution in [2.24, 2.45) is 0 Å². The summed E-state index contributed by atoms with van der Waals surface area (Å²) in [4.78, 5) is 0. The van der Waals surface area contributed by atoms with Gasteiger partial charge in [-0.3, -0.25) is 5.16 Å². The first-order valence-electron chi connectivity index (χ1n) is 21.1. The minimum atomic E-state index is -1.84. The summed E-state index contributed by atoms with van der Waals surface area (Å²) < 4.78 is 0. The van der Waals surface area contributed by atoms with Crippen molar-refractivity contribution in [3.8, 4) is 11.5 Å². The van der Waals surface area contributed by atoms with E-state index in [-0.39, 0.29) is 21.7 Å². The molecule has 1 aliphatic rings. The molecule has 308 valence electrons. The minimum absolute atomic E-state index is 0. The third kappa shape index (κ3) is 13.8. The second kappa shape index (κ2) is 22.2. The maximum atomic E-state index is 9.93. The third-order valence-corrected chi connectivity index (χ3v) is 22.5. The van der Waals surface area contributed by atoms with Gasteiger partial charge < -0.3 is 27.2 Å². The molecule has 5 rings (SSSR count). The molecule has 0 atom stereocenters. The van der Waals surface area contributed by atoms with Gasteiger partial charge in [0.15, 0.2) is 0 Å². The van der Waals surface area contributed by atoms with Crippen LogP contribution < -0.4 is 10.4 Å². The summed E-state index contributed by atoms with van der Waals surface area (Å²) in [5.74, 6) is 6.56. The first-order valence-corrected chi connectivity index (χ1v) is 30.2. The van der Waals surface area contributed by atoms with Crippen molar-refractivity contribution in [2.45, 2.75) is 131 Å². The Balaban J connectivity index is 0.000000343. The number of rotatable bonds is 10. The number of hydrogen-bond donors (Lipinski definition) is 2. The van der Waals surface area contributed by atoms with Crippen LogP contribution in [-0.2, 0) is 21.7 Å². The fraction of sp³-hybridized carbons (Fsp3) is 0.451. The Kier molecular flexibility index (Phi) is 19.8. The molecule has 6 heteroatoms. The van der Waals surface area contributed by atoms with Gasteiger partial charge in [0.25, 0.3) is 0 Å². The molecule has 0 heterocycles. The Labute approximate surface area is 366 Å². The van der Waals surface area contributed by atoms with Crippen LogP contribution in [0.5, 0.6) is 11.5 Å². The molecule has 57 heavy (non-hydrogen) atoms. The Morgan fingerprint density at radius 2 is 0.825 bits per heavy atom. The van der Waals surface area contributed by atoms with Crippen LogP contribution in [-0.4, -0.2) is 52.2 Å². The quantitative estimate of drug-likeness (QED) is 0.0948. The number of phenols is 2. The van der Waals surface area contributed by atoms with E-state index in [0.717, 1.165) is 22.3 Å². The van der Waals surface area contributed by atoms with E-state index in [4.69, 9.17) is 0 Å². The maximum absolute atomic E-state index is 9.93. The zero-order valence-electron chi connectivity index (χ0n) is 38.2. The summed E-state index contributed by atoms with van der Waals surface area (Å²) in [6, 6.07) is 34.8. The average molecular weight is 855 g/mol. The molecule has 2 N–H and O–H groups in total. The smallest absolute Gasteiger partial charge is 0.507 e. The number of para-hydroxylation sites is 2. The van der Waals surface area contributed by atoms with Crippen molar-refractivity contribution in [3.05, 3.63) is 136 Å². The van der Waals surface area contributed by atoms with Gasteiger partial charge >= 0.3 is 21.7 Å². The molecule has 0 aliphatic heterocycles. The summed E-state index contributed by atoms with van der Waals surface area (Å²) in [5, 5.41) is 24.8. The summed E-state index contributed by atoms with van der Waals surface area (Å²) >= 11 is 0. The normalized spacial score (nSPS) is 13.5. The van der Waals surface area contributed by atoms with Crippen molar-refractivity contribution in [1.82, 2.24) is 0 Å². The molecule has 0 saturated heterocycles. The Hall–Kier alpha value is -2.46. The van der Waals surface area contributed by atoms with Gasteiger partial charge in [-0.15, -0.1) is 12.8 Å². The topological polar surface area (TPSA) is 40.5 Å². The molecule has 0 aromatic heterocycles. The van der Waals surface area contributed by atoms with E-state index in [1.165, 1.54) is 25.7 Å². The zero-order valence-corrected chi connectivity index (χ0v) is 42.7. The summed E-state index contributed by atoms with van der Waals surface area (Å²) in [6.07, 6.45) is 5.10. The van der Waals surface area contributed by atoms with Crippen molar-refractivity contribution in [2.75, 3.05) is 20.0 Å². The predicted molar refractivity (Wildman–Crippen MR) is 258 cm³/mol. The van der Waals surface area contributed by atoms with E-state index in [2.05, 4.69) is 168 Å². The molecule has 0 saturated carbocycles. The number of benzene rings is 4. The van der Waals surface area contributed by atoms with Crippen LogP contribution in [0.1, 0.15) is 127 Å². The van der Waals surface area contributed by atoms with Gasteiger partial charge in [0, 0.05) is 16.1 Å². The molecule has 0 spiro atoms. The van der Waals surface area contributed by atoms with Crippen molar-refractivity contribution >= 4 is 39.2 Å². The first-order chi connectivity index (χ1) is 26.1. The van der Waals surface area contributed by atoms with Crippen molar-refractivity contribution < 1.29 is 31.9 Å². The standard InChI is InChI=1S/C27H39PSi2.2C12H18O.Ti/c1-28(2,3)22-23-16-14-15-21-26(23)27(29(4,5)24-17-10-8-11-18-24)30(6,7)25-19-12-9-13-20-25;2*1-8(2)10-6-5-7-11(9(3)4)12(10)13;/h8-13,17-20H,14-16,21H2,1-7H3;2*5-9,13H,1-4H3;/q-2;;;+2. The van der Waals surface area contributed by atoms with E-state index >= 15 is 0 Å². The van der Waals surface area contributed by atoms with Gasteiger partial charge in [-0.05, 0) is 45.9 Å². The van der Waals surface area contributed by atoms with E-state index in [1.54, 1.807) is 21.5 Å². The largest absolute Gasteiger partial charge is 2.00 e. The molecule has 1 aliphatic carbocycles. The van der Waals surface area contributed by atoms with E-state index < -0.39 is 23.0 Å². The summed E-state index contributed by atoms with van der Waals surface area (Å²) in [5.41, 5.74) is 7.47. The van der Waals surface area contributed by atoms with Gasteiger partial charge in [0.05, 0.1) is 0 Å². The second-order valence-electron chi connectivity index (χ2n) is 18.8. The fourth-order valence-corrected chi connectivity index (χ4v) is 21.1. The van der Waals surface area contributed by atoms with Gasteiger partial charge in [0.2, 0.25) is 0 Å². The van der Waals surface area contributed by atoms with Gasteiger partial charge in [-0.25, -0.2) is 6.89 Å². The van der Waals surface area contributed by atoms with Crippen LogP contribution in [0.2, 0.25) is 26.2 Å². The van der Waals surface area contributed by atoms with Gasteiger partial charge in [-0.2, -0.15) is 0 Å². The van der Waals surface area contributed by atoms with Crippen molar-refractivity contribution in [1.29, 1.82) is 0 Å². The Bertz CT molecular complexity index is 1750. The first kappa shape index (κ1) is 50.7. The zero-order chi connectivity index (χ0) is 42.0. The van der Waals surface area contributed by atoms with Crippen LogP contribution >= 0.6 is 6.89 Å². The Morgan fingerprint density at radius 1 is 0.509 bits per heavy atom. The third-order valence-electron chi connectivity index (χ3n) is 11.2. The molecule has 0 unspecified atom stereocenters. The van der Waals surface area contributed by atoms with Crippen LogP contribution in [0.4, 0.5) is 0 Å². The van der Waals surface area contributed by atoms with Gasteiger partial charge in [0.1, 0.15) is 11.5 Å². The molecule has 4 aromatic carbocycles. The number of aromatic hydroxyl groups is 2. The number of allylic oxidation sites excluding steroid dienone is 2. The maximum Gasteiger partial charge on any atom is 2.00 e. The molecule has 0 fully saturated rings. The molecule has 0 bridgehead atoms. The Morgan fingerprint density at radius 3 is 1.12 bits per heavy atom. The van der Waals surface area contributed by atoms with Gasteiger partial charge in [-0.1, -0.05) is 222 Å². The van der Waals surface area contributed by atoms with Crippen LogP contribution in [0, 0.1) is 5.16 Å². The molecular weight excluding hydrogens is 780 g/mol. The molecule has 0 amide bonds. The van der Waals surface area contributed by atoms with E-state index in [9.17, 15) is 10.2 Å². The summed E-state index contributed by atoms with van der Waals surface area (Å²) in [6.45, 7) is 33.3. The molecule has 0 radical (unpaired) electrons. The number of phenolic OH excluding ortho intramolecular Hbond substituents is 2. The summed E-state index contributed by atoms with van der Waals surface area (Å²) in [7, 11) is -3.68. The minimum Gasteiger partial charge on any atom is -0.507 e. The molecule has 4 aromatic rings. The second-order valence-corrected chi connectivity index (χ2v) is 32.2. The molecule has 2 nitrogen and oxygen atoms in total. The van der Waals surface area contributed by atoms with Crippen molar-refractivity contribution in [3.63, 3.8) is 0 Å². The van der Waals surface area contributed by atoms with E-state index in [0.29, 0.717) is 35.2 Å². The van der Waals surface area contributed by atoms with Crippen LogP contribution in [0.3, 0.4) is 0 Å².